The SMILES string of the molecule is Cc1noc(CCCNC(=O)c2cc(S(=O)(=O)Nc3ccc(F)cc3)ccc2C)n1. The van der Waals surface area contributed by atoms with E-state index in [4.69, 9.17) is 4.52 Å². The molecule has 1 heterocycles. The van der Waals surface area contributed by atoms with E-state index in [1.807, 2.05) is 0 Å². The van der Waals surface area contributed by atoms with Gasteiger partial charge in [-0.25, -0.2) is 12.8 Å². The van der Waals surface area contributed by atoms with E-state index in [2.05, 4.69) is 20.2 Å². The molecule has 0 saturated heterocycles. The molecule has 3 rings (SSSR count). The molecule has 0 aliphatic carbocycles. The number of hydrogen-bond donors (Lipinski definition) is 2. The van der Waals surface area contributed by atoms with Crippen LogP contribution in [-0.4, -0.2) is 31.0 Å². The van der Waals surface area contributed by atoms with Gasteiger partial charge in [0.25, 0.3) is 15.9 Å². The van der Waals surface area contributed by atoms with Crippen molar-refractivity contribution in [3.63, 3.8) is 0 Å². The van der Waals surface area contributed by atoms with Gasteiger partial charge in [-0.3, -0.25) is 9.52 Å². The van der Waals surface area contributed by atoms with Crippen LogP contribution in [0.15, 0.2) is 51.9 Å². The summed E-state index contributed by atoms with van der Waals surface area (Å²) in [5, 5.41) is 6.47. The molecule has 2 aromatic carbocycles. The lowest BCUT2D eigenvalue weighted by Gasteiger charge is -2.12. The molecular formula is C20H21FN4O4S. The van der Waals surface area contributed by atoms with Gasteiger partial charge >= 0.3 is 0 Å². The first kappa shape index (κ1) is 21.4. The number of anilines is 1. The molecule has 0 unspecified atom stereocenters. The van der Waals surface area contributed by atoms with Crippen LogP contribution in [0.4, 0.5) is 10.1 Å². The van der Waals surface area contributed by atoms with E-state index in [1.165, 1.54) is 24.3 Å². The van der Waals surface area contributed by atoms with Crippen molar-refractivity contribution >= 4 is 21.6 Å². The Morgan fingerprint density at radius 2 is 1.87 bits per heavy atom. The van der Waals surface area contributed by atoms with Gasteiger partial charge in [0, 0.05) is 24.2 Å². The van der Waals surface area contributed by atoms with Gasteiger partial charge in [0.2, 0.25) is 5.89 Å². The van der Waals surface area contributed by atoms with Gasteiger partial charge in [-0.1, -0.05) is 11.2 Å². The number of aromatic nitrogens is 2. The van der Waals surface area contributed by atoms with E-state index in [1.54, 1.807) is 19.9 Å². The Hall–Kier alpha value is -3.27. The second-order valence-corrected chi connectivity index (χ2v) is 8.37. The first-order valence-electron chi connectivity index (χ1n) is 9.21. The largest absolute Gasteiger partial charge is 0.352 e. The highest BCUT2D eigenvalue weighted by Gasteiger charge is 2.18. The summed E-state index contributed by atoms with van der Waals surface area (Å²) in [6.07, 6.45) is 1.12. The summed E-state index contributed by atoms with van der Waals surface area (Å²) >= 11 is 0. The van der Waals surface area contributed by atoms with Crippen LogP contribution >= 0.6 is 0 Å². The number of amides is 1. The van der Waals surface area contributed by atoms with Crippen LogP contribution in [0.5, 0.6) is 0 Å². The highest BCUT2D eigenvalue weighted by atomic mass is 32.2. The van der Waals surface area contributed by atoms with Crippen LogP contribution in [-0.2, 0) is 16.4 Å². The third kappa shape index (κ3) is 5.41. The Kier molecular flexibility index (Phi) is 6.46. The molecule has 0 aliphatic rings. The summed E-state index contributed by atoms with van der Waals surface area (Å²) in [4.78, 5) is 16.6. The molecular weight excluding hydrogens is 411 g/mol. The van der Waals surface area contributed by atoms with E-state index in [-0.39, 0.29) is 22.1 Å². The number of halogens is 1. The minimum absolute atomic E-state index is 0.0658. The molecule has 0 fully saturated rings. The zero-order valence-electron chi connectivity index (χ0n) is 16.5. The van der Waals surface area contributed by atoms with Gasteiger partial charge in [0.1, 0.15) is 5.82 Å². The van der Waals surface area contributed by atoms with Crippen molar-refractivity contribution in [3.8, 4) is 0 Å². The topological polar surface area (TPSA) is 114 Å². The van der Waals surface area contributed by atoms with Crippen LogP contribution in [0, 0.1) is 19.7 Å². The van der Waals surface area contributed by atoms with Gasteiger partial charge in [0.05, 0.1) is 4.90 Å². The van der Waals surface area contributed by atoms with Crippen molar-refractivity contribution in [1.29, 1.82) is 0 Å². The maximum Gasteiger partial charge on any atom is 0.261 e. The Labute approximate surface area is 173 Å². The number of nitrogens with zero attached hydrogens (tertiary/aromatic N) is 2. The van der Waals surface area contributed by atoms with Crippen molar-refractivity contribution in [3.05, 3.63) is 71.1 Å². The number of benzene rings is 2. The normalized spacial score (nSPS) is 11.3. The van der Waals surface area contributed by atoms with Crippen LogP contribution in [0.1, 0.15) is 34.1 Å². The Morgan fingerprint density at radius 1 is 1.13 bits per heavy atom. The molecule has 1 aromatic heterocycles. The second kappa shape index (κ2) is 9.04. The molecule has 0 radical (unpaired) electrons. The Bertz CT molecular complexity index is 1140. The molecule has 158 valence electrons. The molecule has 1 amide bonds. The standard InChI is InChI=1S/C20H21FN4O4S/c1-13-5-10-17(30(27,28)25-16-8-6-15(21)7-9-16)12-18(13)20(26)22-11-3-4-19-23-14(2)24-29-19/h5-10,12,25H,3-4,11H2,1-2H3,(H,22,26). The van der Waals surface area contributed by atoms with E-state index in [0.717, 1.165) is 12.1 Å². The number of carbonyl (C=O) groups excluding carboxylic acids is 1. The van der Waals surface area contributed by atoms with Gasteiger partial charge in [0.15, 0.2) is 5.82 Å². The predicted octanol–water partition coefficient (Wildman–Crippen LogP) is 2.99. The first-order chi connectivity index (χ1) is 14.2. The number of nitrogens with one attached hydrogen (secondary N) is 2. The molecule has 2 N–H and O–H groups in total. The molecule has 30 heavy (non-hydrogen) atoms. The fourth-order valence-corrected chi connectivity index (χ4v) is 3.81. The smallest absolute Gasteiger partial charge is 0.261 e. The lowest BCUT2D eigenvalue weighted by Crippen LogP contribution is -2.26. The van der Waals surface area contributed by atoms with E-state index in [0.29, 0.717) is 36.7 Å². The molecule has 0 bridgehead atoms. The molecule has 10 heteroatoms. The molecule has 3 aromatic rings. The van der Waals surface area contributed by atoms with Gasteiger partial charge in [-0.15, -0.1) is 0 Å². The maximum absolute atomic E-state index is 13.0. The number of aryl methyl sites for hydroxylation is 3. The maximum atomic E-state index is 13.0. The Balaban J connectivity index is 1.65. The van der Waals surface area contributed by atoms with Crippen molar-refractivity contribution < 1.29 is 22.1 Å². The number of sulfonamides is 1. The highest BCUT2D eigenvalue weighted by Crippen LogP contribution is 2.19. The number of hydrogen-bond acceptors (Lipinski definition) is 6. The van der Waals surface area contributed by atoms with Crippen molar-refractivity contribution in [2.24, 2.45) is 0 Å². The third-order valence-electron chi connectivity index (χ3n) is 4.28. The lowest BCUT2D eigenvalue weighted by molar-refractivity contribution is 0.0952. The molecule has 0 saturated carbocycles. The summed E-state index contributed by atoms with van der Waals surface area (Å²) in [5.74, 6) is 0.198. The molecule has 8 nitrogen and oxygen atoms in total. The van der Waals surface area contributed by atoms with Gasteiger partial charge in [-0.05, 0) is 62.2 Å². The lowest BCUT2D eigenvalue weighted by atomic mass is 10.1. The number of carbonyl (C=O) groups is 1. The minimum Gasteiger partial charge on any atom is -0.352 e. The summed E-state index contributed by atoms with van der Waals surface area (Å²) in [7, 11) is -3.94. The average Bonchev–Trinajstić information content (AvgIpc) is 3.12. The number of rotatable bonds is 8. The van der Waals surface area contributed by atoms with Crippen molar-refractivity contribution in [2.75, 3.05) is 11.3 Å². The van der Waals surface area contributed by atoms with E-state index >= 15 is 0 Å². The van der Waals surface area contributed by atoms with E-state index in [9.17, 15) is 17.6 Å². The zero-order chi connectivity index (χ0) is 21.7. The minimum atomic E-state index is -3.94. The third-order valence-corrected chi connectivity index (χ3v) is 5.66. The monoisotopic (exact) mass is 432 g/mol. The summed E-state index contributed by atoms with van der Waals surface area (Å²) in [6.45, 7) is 3.81. The van der Waals surface area contributed by atoms with Crippen LogP contribution < -0.4 is 10.0 Å². The van der Waals surface area contributed by atoms with Crippen LogP contribution in [0.25, 0.3) is 0 Å². The summed E-state index contributed by atoms with van der Waals surface area (Å²) in [5.41, 5.74) is 1.12. The first-order valence-corrected chi connectivity index (χ1v) is 10.7. The molecule has 0 spiro atoms. The van der Waals surface area contributed by atoms with Crippen molar-refractivity contribution in [1.82, 2.24) is 15.5 Å². The molecule has 0 atom stereocenters. The van der Waals surface area contributed by atoms with Crippen LogP contribution in [0.3, 0.4) is 0 Å². The second-order valence-electron chi connectivity index (χ2n) is 6.68. The summed E-state index contributed by atoms with van der Waals surface area (Å²) < 4.78 is 45.7. The predicted molar refractivity (Wildman–Crippen MR) is 108 cm³/mol. The Morgan fingerprint density at radius 3 is 2.53 bits per heavy atom. The fourth-order valence-electron chi connectivity index (χ4n) is 2.72. The van der Waals surface area contributed by atoms with Crippen LogP contribution in [0.2, 0.25) is 0 Å². The average molecular weight is 432 g/mol. The van der Waals surface area contributed by atoms with Gasteiger partial charge < -0.3 is 9.84 Å². The molecule has 0 aliphatic heterocycles. The summed E-state index contributed by atoms with van der Waals surface area (Å²) in [6, 6.07) is 9.24. The fraction of sp³-hybridized carbons (Fsp3) is 0.250. The highest BCUT2D eigenvalue weighted by molar-refractivity contribution is 7.92. The van der Waals surface area contributed by atoms with Gasteiger partial charge in [-0.2, -0.15) is 4.98 Å². The van der Waals surface area contributed by atoms with E-state index < -0.39 is 15.8 Å². The van der Waals surface area contributed by atoms with Crippen molar-refractivity contribution in [2.45, 2.75) is 31.6 Å². The zero-order valence-corrected chi connectivity index (χ0v) is 17.3. The quantitative estimate of drug-likeness (QED) is 0.529.